The van der Waals surface area contributed by atoms with Gasteiger partial charge in [0.2, 0.25) is 0 Å². The monoisotopic (exact) mass is 1110 g/mol. The van der Waals surface area contributed by atoms with E-state index >= 15 is 0 Å². The standard InChI is InChI=1S/C67H91N3O11/c1-7-10-12-14-21-45-76-55-31-25-51(26-32-55)64(71)78-57-33-27-53(28-34-57)66(73)81-60-41-42-61(54(47-60)48-68-70(43-19-13-11-8-2)63(49(4)9-3)69-62-24-18-17-23-50(62)5)67(74)80-58-35-29-52(30-36-58)65(72)79-59-39-37-56(38-40-59)77-46-22-16-15-20-44-75-6/h17-18,23-26,31-32,37-42,47-49,52-53,57-58H,7-16,19-22,27-30,33-36,43-46H2,1-6H3/b68-48+,69-63?. The van der Waals surface area contributed by atoms with Crippen LogP contribution in [0, 0.1) is 24.7 Å². The minimum atomic E-state index is -0.538. The number of esters is 4. The Kier molecular flexibility index (Phi) is 27.8. The van der Waals surface area contributed by atoms with Crippen LogP contribution in [-0.4, -0.2) is 86.6 Å². The number of nitrogens with zero attached hydrogens (tertiary/aromatic N) is 3. The van der Waals surface area contributed by atoms with Crippen molar-refractivity contribution in [3.05, 3.63) is 113 Å². The van der Waals surface area contributed by atoms with Crippen LogP contribution in [0.4, 0.5) is 5.69 Å². The normalized spacial score (nSPS) is 17.7. The lowest BCUT2D eigenvalue weighted by Gasteiger charge is -2.27. The number of rotatable bonds is 33. The number of ether oxygens (including phenoxy) is 7. The average molecular weight is 1110 g/mol. The van der Waals surface area contributed by atoms with Crippen LogP contribution in [0.2, 0.25) is 0 Å². The Bertz CT molecular complexity index is 2580. The van der Waals surface area contributed by atoms with Gasteiger partial charge in [0, 0.05) is 31.7 Å². The number of carbonyl (C=O) groups excluding carboxylic acids is 4. The Labute approximate surface area is 482 Å². The van der Waals surface area contributed by atoms with Gasteiger partial charge in [0.1, 0.15) is 41.0 Å². The molecule has 6 rings (SSSR count). The molecule has 1 unspecified atom stereocenters. The summed E-state index contributed by atoms with van der Waals surface area (Å²) in [6.45, 7) is 13.4. The molecule has 0 heterocycles. The Morgan fingerprint density at radius 2 is 1.09 bits per heavy atom. The summed E-state index contributed by atoms with van der Waals surface area (Å²) in [5, 5.41) is 7.03. The molecular weight excluding hydrogens is 1020 g/mol. The highest BCUT2D eigenvalue weighted by atomic mass is 16.6. The van der Waals surface area contributed by atoms with Gasteiger partial charge in [-0.2, -0.15) is 5.10 Å². The molecule has 0 aromatic heterocycles. The van der Waals surface area contributed by atoms with E-state index in [4.69, 9.17) is 43.3 Å². The molecule has 0 radical (unpaired) electrons. The molecule has 2 aliphatic carbocycles. The van der Waals surface area contributed by atoms with Crippen LogP contribution in [0.3, 0.4) is 0 Å². The number of methoxy groups -OCH3 is 1. The quantitative estimate of drug-likeness (QED) is 0.0111. The molecule has 1 atom stereocenters. The summed E-state index contributed by atoms with van der Waals surface area (Å²) in [7, 11) is 1.72. The molecule has 2 fully saturated rings. The molecule has 0 spiro atoms. The van der Waals surface area contributed by atoms with Crippen molar-refractivity contribution < 1.29 is 52.3 Å². The third-order valence-corrected chi connectivity index (χ3v) is 15.4. The van der Waals surface area contributed by atoms with Crippen molar-refractivity contribution in [1.29, 1.82) is 0 Å². The van der Waals surface area contributed by atoms with E-state index in [9.17, 15) is 19.2 Å². The fourth-order valence-corrected chi connectivity index (χ4v) is 10.1. The smallest absolute Gasteiger partial charge is 0.339 e. The molecule has 0 N–H and O–H groups in total. The number of carbonyl (C=O) groups is 4. The molecule has 0 amide bonds. The maximum atomic E-state index is 14.3. The topological polar surface area (TPSA) is 161 Å². The van der Waals surface area contributed by atoms with Crippen molar-refractivity contribution in [3.8, 4) is 23.0 Å². The maximum Gasteiger partial charge on any atom is 0.339 e. The van der Waals surface area contributed by atoms with Crippen molar-refractivity contribution >= 4 is 41.6 Å². The van der Waals surface area contributed by atoms with E-state index < -0.39 is 29.9 Å². The molecular formula is C67H91N3O11. The highest BCUT2D eigenvalue weighted by Crippen LogP contribution is 2.32. The van der Waals surface area contributed by atoms with Crippen LogP contribution in [0.5, 0.6) is 23.0 Å². The summed E-state index contributed by atoms with van der Waals surface area (Å²) in [6.07, 6.45) is 19.8. The second-order valence-corrected chi connectivity index (χ2v) is 21.9. The zero-order valence-electron chi connectivity index (χ0n) is 49.3. The van der Waals surface area contributed by atoms with Gasteiger partial charge in [-0.25, -0.2) is 14.6 Å². The fraction of sp³-hybridized carbons (Fsp3) is 0.552. The first-order valence-electron chi connectivity index (χ1n) is 30.4. The number of aryl methyl sites for hydroxylation is 1. The zero-order chi connectivity index (χ0) is 57.6. The van der Waals surface area contributed by atoms with Crippen LogP contribution in [0.15, 0.2) is 101 Å². The summed E-state index contributed by atoms with van der Waals surface area (Å²) >= 11 is 0. The van der Waals surface area contributed by atoms with Gasteiger partial charge in [-0.3, -0.25) is 14.6 Å². The number of hydrogen-bond donors (Lipinski definition) is 0. The van der Waals surface area contributed by atoms with Gasteiger partial charge >= 0.3 is 23.9 Å². The maximum absolute atomic E-state index is 14.3. The molecule has 14 heteroatoms. The van der Waals surface area contributed by atoms with Crippen molar-refractivity contribution in [2.24, 2.45) is 27.8 Å². The minimum absolute atomic E-state index is 0.0635. The van der Waals surface area contributed by atoms with Gasteiger partial charge < -0.3 is 33.2 Å². The number of hydrazone groups is 1. The summed E-state index contributed by atoms with van der Waals surface area (Å²) in [5.74, 6) is 0.687. The predicted molar refractivity (Wildman–Crippen MR) is 319 cm³/mol. The summed E-state index contributed by atoms with van der Waals surface area (Å²) in [5.41, 5.74) is 3.06. The zero-order valence-corrected chi connectivity index (χ0v) is 49.3. The van der Waals surface area contributed by atoms with Crippen LogP contribution in [0.25, 0.3) is 0 Å². The minimum Gasteiger partial charge on any atom is -0.494 e. The van der Waals surface area contributed by atoms with E-state index in [2.05, 4.69) is 27.7 Å². The molecule has 0 bridgehead atoms. The first-order valence-corrected chi connectivity index (χ1v) is 30.4. The van der Waals surface area contributed by atoms with Gasteiger partial charge in [0.25, 0.3) is 0 Å². The van der Waals surface area contributed by atoms with Crippen LogP contribution < -0.4 is 18.9 Å². The molecule has 4 aromatic rings. The van der Waals surface area contributed by atoms with E-state index in [1.54, 1.807) is 67.9 Å². The van der Waals surface area contributed by atoms with Crippen LogP contribution in [0.1, 0.15) is 201 Å². The van der Waals surface area contributed by atoms with E-state index in [-0.39, 0.29) is 35.2 Å². The molecule has 2 aliphatic rings. The lowest BCUT2D eigenvalue weighted by Crippen LogP contribution is -2.32. The van der Waals surface area contributed by atoms with Gasteiger partial charge in [-0.1, -0.05) is 97.3 Å². The number of para-hydroxylation sites is 1. The molecule has 81 heavy (non-hydrogen) atoms. The molecule has 4 aromatic carbocycles. The van der Waals surface area contributed by atoms with Gasteiger partial charge in [0.05, 0.1) is 48.1 Å². The van der Waals surface area contributed by atoms with Crippen molar-refractivity contribution in [1.82, 2.24) is 5.01 Å². The lowest BCUT2D eigenvalue weighted by atomic mass is 9.87. The molecule has 0 aliphatic heterocycles. The van der Waals surface area contributed by atoms with Gasteiger partial charge in [-0.05, 0) is 175 Å². The number of unbranched alkanes of at least 4 members (excludes halogenated alkanes) is 10. The number of amidine groups is 1. The van der Waals surface area contributed by atoms with Gasteiger partial charge in [-0.15, -0.1) is 0 Å². The molecule has 0 saturated heterocycles. The molecule has 440 valence electrons. The summed E-state index contributed by atoms with van der Waals surface area (Å²) in [6, 6.07) is 27.2. The highest BCUT2D eigenvalue weighted by molar-refractivity contribution is 6.00. The van der Waals surface area contributed by atoms with Crippen molar-refractivity contribution in [2.75, 3.05) is 33.5 Å². The highest BCUT2D eigenvalue weighted by Gasteiger charge is 2.32. The summed E-state index contributed by atoms with van der Waals surface area (Å²) in [4.78, 5) is 59.8. The Balaban J connectivity index is 1.10. The van der Waals surface area contributed by atoms with E-state index in [0.717, 1.165) is 106 Å². The Morgan fingerprint density at radius 1 is 0.580 bits per heavy atom. The predicted octanol–water partition coefficient (Wildman–Crippen LogP) is 15.6. The van der Waals surface area contributed by atoms with Crippen LogP contribution in [-0.2, 0) is 23.8 Å². The second-order valence-electron chi connectivity index (χ2n) is 21.9. The molecule has 14 nitrogen and oxygen atoms in total. The first-order chi connectivity index (χ1) is 39.5. The van der Waals surface area contributed by atoms with Crippen molar-refractivity contribution in [2.45, 2.75) is 188 Å². The first kappa shape index (κ1) is 63.6. The lowest BCUT2D eigenvalue weighted by molar-refractivity contribution is -0.141. The SMILES string of the molecule is CCCCCCCOc1ccc(C(=O)OC2CCC(C(=O)Oc3ccc(C(=O)OC4CCC(C(=O)Oc5ccc(OCCCCCCOC)cc5)CC4)c(/C=N/N(CCCCCC)C(=Nc4ccccc4C)C(C)CC)c3)CC2)cc1. The number of hydrogen-bond acceptors (Lipinski definition) is 13. The second kappa shape index (κ2) is 35.3. The van der Waals surface area contributed by atoms with E-state index in [0.29, 0.717) is 88.0 Å². The van der Waals surface area contributed by atoms with Crippen LogP contribution >= 0.6 is 0 Å². The largest absolute Gasteiger partial charge is 0.494 e. The van der Waals surface area contributed by atoms with Crippen molar-refractivity contribution in [3.63, 3.8) is 0 Å². The number of aliphatic imine (C=N–C) groups is 1. The molecule has 2 saturated carbocycles. The fourth-order valence-electron chi connectivity index (χ4n) is 10.1. The van der Waals surface area contributed by atoms with Gasteiger partial charge in [0.15, 0.2) is 0 Å². The summed E-state index contributed by atoms with van der Waals surface area (Å²) < 4.78 is 40.8. The average Bonchev–Trinajstić information content (AvgIpc) is 3.52. The Hall–Kier alpha value is -6.54. The van der Waals surface area contributed by atoms with E-state index in [1.807, 2.05) is 48.3 Å². The van der Waals surface area contributed by atoms with E-state index in [1.165, 1.54) is 19.3 Å². The third-order valence-electron chi connectivity index (χ3n) is 15.4. The Morgan fingerprint density at radius 3 is 1.65 bits per heavy atom. The third kappa shape index (κ3) is 21.7. The number of benzene rings is 4.